The minimum atomic E-state index is -0.534. The van der Waals surface area contributed by atoms with Gasteiger partial charge in [0, 0.05) is 27.2 Å². The molecule has 1 atom stereocenters. The lowest BCUT2D eigenvalue weighted by molar-refractivity contribution is 0.101. The molecule has 0 spiro atoms. The highest BCUT2D eigenvalue weighted by Crippen LogP contribution is 2.37. The van der Waals surface area contributed by atoms with E-state index in [1.54, 1.807) is 52.9 Å². The Morgan fingerprint density at radius 3 is 2.46 bits per heavy atom. The van der Waals surface area contributed by atoms with E-state index in [4.69, 9.17) is 0 Å². The van der Waals surface area contributed by atoms with E-state index >= 15 is 0 Å². The summed E-state index contributed by atoms with van der Waals surface area (Å²) in [6.07, 6.45) is 3.45. The van der Waals surface area contributed by atoms with Crippen LogP contribution >= 0.6 is 11.8 Å². The van der Waals surface area contributed by atoms with Crippen LogP contribution in [0.2, 0.25) is 0 Å². The van der Waals surface area contributed by atoms with Crippen LogP contribution in [0, 0.1) is 6.92 Å². The van der Waals surface area contributed by atoms with Crippen molar-refractivity contribution in [2.45, 2.75) is 29.7 Å². The third-order valence-corrected chi connectivity index (χ3v) is 7.05. The lowest BCUT2D eigenvalue weighted by atomic mass is 9.99. The molecule has 5 aromatic rings. The summed E-state index contributed by atoms with van der Waals surface area (Å²) in [4.78, 5) is 31.5. The molecule has 0 aliphatic rings. The van der Waals surface area contributed by atoms with Crippen molar-refractivity contribution in [2.24, 2.45) is 0 Å². The van der Waals surface area contributed by atoms with Crippen LogP contribution in [-0.2, 0) is 0 Å². The molecule has 1 unspecified atom stereocenters. The number of benzene rings is 3. The largest absolute Gasteiger partial charge is 0.325 e. The molecule has 5 rings (SSSR count). The number of aryl methyl sites for hydroxylation is 1. The van der Waals surface area contributed by atoms with Crippen LogP contribution in [0.5, 0.6) is 0 Å². The van der Waals surface area contributed by atoms with Crippen LogP contribution in [0.4, 0.5) is 10.5 Å². The molecule has 2 amide bonds. The number of Topliss-reactive ketones (excluding diaryl/α,β-unsaturated/α-hetero) is 1. The van der Waals surface area contributed by atoms with E-state index in [2.05, 4.69) is 38.9 Å². The number of hydrogen-bond donors (Lipinski definition) is 2. The molecular formula is C29H25N5O2S. The molecule has 0 radical (unpaired) electrons. The van der Waals surface area contributed by atoms with E-state index in [9.17, 15) is 9.59 Å². The number of urea groups is 1. The van der Waals surface area contributed by atoms with Gasteiger partial charge < -0.3 is 10.6 Å². The van der Waals surface area contributed by atoms with Crippen molar-refractivity contribution in [3.05, 3.63) is 120 Å². The lowest BCUT2D eigenvalue weighted by Gasteiger charge is -2.23. The van der Waals surface area contributed by atoms with Crippen molar-refractivity contribution >= 4 is 34.9 Å². The summed E-state index contributed by atoms with van der Waals surface area (Å²) in [5.74, 6) is -0.0285. The van der Waals surface area contributed by atoms with Gasteiger partial charge in [0.25, 0.3) is 0 Å². The molecule has 8 heteroatoms. The fourth-order valence-electron chi connectivity index (χ4n) is 4.15. The van der Waals surface area contributed by atoms with Crippen molar-refractivity contribution in [1.29, 1.82) is 0 Å². The Bertz CT molecular complexity index is 1560. The second kappa shape index (κ2) is 10.7. The number of carbonyl (C=O) groups is 2. The number of nitrogens with zero attached hydrogens (tertiary/aromatic N) is 3. The molecule has 0 saturated heterocycles. The van der Waals surface area contributed by atoms with Crippen molar-refractivity contribution in [1.82, 2.24) is 19.9 Å². The molecule has 37 heavy (non-hydrogen) atoms. The van der Waals surface area contributed by atoms with Gasteiger partial charge in [-0.05, 0) is 79.6 Å². The molecule has 0 aliphatic heterocycles. The predicted octanol–water partition coefficient (Wildman–Crippen LogP) is 6.30. The Hall–Kier alpha value is -4.43. The van der Waals surface area contributed by atoms with E-state index in [0.717, 1.165) is 26.6 Å². The van der Waals surface area contributed by atoms with Crippen LogP contribution in [0.25, 0.3) is 5.65 Å². The third kappa shape index (κ3) is 5.39. The summed E-state index contributed by atoms with van der Waals surface area (Å²) in [5.41, 5.74) is 4.59. The SMILES string of the molecule is CC(=O)c1ccc(NC(=O)NC(c2c(C)cccc2Sc2ccccc2)c2cnc3cccnn23)cc1. The zero-order valence-corrected chi connectivity index (χ0v) is 21.2. The van der Waals surface area contributed by atoms with Crippen LogP contribution in [-0.4, -0.2) is 26.4 Å². The van der Waals surface area contributed by atoms with E-state index in [1.807, 2.05) is 49.4 Å². The highest BCUT2D eigenvalue weighted by atomic mass is 32.2. The number of rotatable bonds is 7. The first kappa shape index (κ1) is 24.3. The molecule has 0 bridgehead atoms. The zero-order chi connectivity index (χ0) is 25.8. The summed E-state index contributed by atoms with van der Waals surface area (Å²) in [5, 5.41) is 10.5. The minimum absolute atomic E-state index is 0.0285. The molecule has 0 aliphatic carbocycles. The molecule has 0 fully saturated rings. The van der Waals surface area contributed by atoms with Crippen LogP contribution < -0.4 is 10.6 Å². The van der Waals surface area contributed by atoms with Gasteiger partial charge in [0.1, 0.15) is 6.04 Å². The summed E-state index contributed by atoms with van der Waals surface area (Å²) >= 11 is 1.64. The number of carbonyl (C=O) groups excluding carboxylic acids is 2. The minimum Gasteiger partial charge on any atom is -0.325 e. The number of fused-ring (bicyclic) bond motifs is 1. The second-order valence-electron chi connectivity index (χ2n) is 8.54. The Labute approximate surface area is 218 Å². The van der Waals surface area contributed by atoms with Gasteiger partial charge in [0.15, 0.2) is 11.4 Å². The highest BCUT2D eigenvalue weighted by molar-refractivity contribution is 7.99. The third-order valence-electron chi connectivity index (χ3n) is 5.97. The number of hydrogen-bond acceptors (Lipinski definition) is 5. The standard InChI is InChI=1S/C29H25N5O2S/c1-19-8-6-11-25(37-23-9-4-3-5-10-23)27(19)28(24-18-30-26-12-7-17-31-34(24)26)33-29(36)32-22-15-13-21(14-16-22)20(2)35/h3-18,28H,1-2H3,(H2,32,33,36). The first-order valence-corrected chi connectivity index (χ1v) is 12.6. The Kier molecular flexibility index (Phi) is 7.00. The molecule has 7 nitrogen and oxygen atoms in total. The molecular weight excluding hydrogens is 482 g/mol. The Morgan fingerprint density at radius 1 is 0.919 bits per heavy atom. The molecule has 2 N–H and O–H groups in total. The van der Waals surface area contributed by atoms with Crippen molar-refractivity contribution in [3.63, 3.8) is 0 Å². The number of anilines is 1. The summed E-state index contributed by atoms with van der Waals surface area (Å²) in [7, 11) is 0. The number of ketones is 1. The van der Waals surface area contributed by atoms with E-state index < -0.39 is 6.04 Å². The smallest absolute Gasteiger partial charge is 0.320 e. The van der Waals surface area contributed by atoms with Gasteiger partial charge in [-0.1, -0.05) is 42.1 Å². The summed E-state index contributed by atoms with van der Waals surface area (Å²) in [6.45, 7) is 3.55. The van der Waals surface area contributed by atoms with E-state index in [-0.39, 0.29) is 11.8 Å². The first-order valence-electron chi connectivity index (χ1n) is 11.8. The number of nitrogens with one attached hydrogen (secondary N) is 2. The highest BCUT2D eigenvalue weighted by Gasteiger charge is 2.26. The normalized spacial score (nSPS) is 11.7. The molecule has 184 valence electrons. The molecule has 3 aromatic carbocycles. The van der Waals surface area contributed by atoms with Crippen molar-refractivity contribution in [3.8, 4) is 0 Å². The fourth-order valence-corrected chi connectivity index (χ4v) is 5.24. The van der Waals surface area contributed by atoms with Gasteiger partial charge in [0.2, 0.25) is 0 Å². The van der Waals surface area contributed by atoms with Crippen LogP contribution in [0.15, 0.2) is 107 Å². The number of amides is 2. The average Bonchev–Trinajstić information content (AvgIpc) is 3.33. The maximum atomic E-state index is 13.3. The van der Waals surface area contributed by atoms with E-state index in [1.165, 1.54) is 6.92 Å². The number of aromatic nitrogens is 3. The van der Waals surface area contributed by atoms with Crippen LogP contribution in [0.1, 0.15) is 40.1 Å². The molecule has 0 saturated carbocycles. The first-order chi connectivity index (χ1) is 18.0. The maximum absolute atomic E-state index is 13.3. The topological polar surface area (TPSA) is 88.4 Å². The summed E-state index contributed by atoms with van der Waals surface area (Å²) in [6, 6.07) is 25.8. The summed E-state index contributed by atoms with van der Waals surface area (Å²) < 4.78 is 1.75. The van der Waals surface area contributed by atoms with Gasteiger partial charge in [-0.2, -0.15) is 5.10 Å². The lowest BCUT2D eigenvalue weighted by Crippen LogP contribution is -2.34. The van der Waals surface area contributed by atoms with Gasteiger partial charge in [-0.25, -0.2) is 14.3 Å². The molecule has 2 heterocycles. The van der Waals surface area contributed by atoms with Crippen LogP contribution in [0.3, 0.4) is 0 Å². The monoisotopic (exact) mass is 507 g/mol. The van der Waals surface area contributed by atoms with Gasteiger partial charge in [0.05, 0.1) is 11.9 Å². The quantitative estimate of drug-likeness (QED) is 0.252. The average molecular weight is 508 g/mol. The maximum Gasteiger partial charge on any atom is 0.320 e. The Balaban J connectivity index is 1.53. The van der Waals surface area contributed by atoms with Crippen molar-refractivity contribution in [2.75, 3.05) is 5.32 Å². The number of imidazole rings is 1. The van der Waals surface area contributed by atoms with E-state index in [0.29, 0.717) is 16.9 Å². The Morgan fingerprint density at radius 2 is 1.70 bits per heavy atom. The fraction of sp³-hybridized carbons (Fsp3) is 0.103. The van der Waals surface area contributed by atoms with Gasteiger partial charge >= 0.3 is 6.03 Å². The van der Waals surface area contributed by atoms with Gasteiger partial charge in [-0.15, -0.1) is 0 Å². The zero-order valence-electron chi connectivity index (χ0n) is 20.4. The van der Waals surface area contributed by atoms with Gasteiger partial charge in [-0.3, -0.25) is 4.79 Å². The molecule has 2 aromatic heterocycles. The van der Waals surface area contributed by atoms with Crippen molar-refractivity contribution < 1.29 is 9.59 Å². The second-order valence-corrected chi connectivity index (χ2v) is 9.66. The predicted molar refractivity (Wildman–Crippen MR) is 145 cm³/mol.